The molecule has 3 rings (SSSR count). The fourth-order valence-electron chi connectivity index (χ4n) is 2.19. The topological polar surface area (TPSA) is 82.9 Å². The fourth-order valence-corrected chi connectivity index (χ4v) is 2.19. The lowest BCUT2D eigenvalue weighted by Gasteiger charge is -2.05. The molecular weight excluding hydrogens is 274 g/mol. The first-order valence-electron chi connectivity index (χ1n) is 6.14. The van der Waals surface area contributed by atoms with E-state index in [0.717, 1.165) is 12.0 Å². The van der Waals surface area contributed by atoms with Crippen molar-refractivity contribution in [2.75, 3.05) is 0 Å². The Bertz CT molecular complexity index is 664. The van der Waals surface area contributed by atoms with Crippen LogP contribution in [0.2, 0.25) is 0 Å². The van der Waals surface area contributed by atoms with Crippen LogP contribution in [0.25, 0.3) is 11.3 Å². The summed E-state index contributed by atoms with van der Waals surface area (Å²) in [5.74, 6) is 0.544. The average molecular weight is 288 g/mol. The lowest BCUT2D eigenvalue weighted by Crippen LogP contribution is -2.01. The van der Waals surface area contributed by atoms with E-state index in [1.165, 1.54) is 6.07 Å². The number of phenolic OH excluding ortho intramolecular Hbond substituents is 1. The van der Waals surface area contributed by atoms with E-state index >= 15 is 0 Å². The Morgan fingerprint density at radius 1 is 1.30 bits per heavy atom. The molecule has 0 spiro atoms. The van der Waals surface area contributed by atoms with Gasteiger partial charge in [0.1, 0.15) is 5.75 Å². The Balaban J connectivity index is 0.00000147. The molecule has 1 aliphatic rings. The first-order chi connectivity index (χ1) is 9.19. The van der Waals surface area contributed by atoms with Crippen molar-refractivity contribution >= 4 is 12.4 Å². The monoisotopic (exact) mass is 287 g/mol. The number of rotatable bonds is 2. The molecule has 2 atom stereocenters. The van der Waals surface area contributed by atoms with Gasteiger partial charge in [0.25, 0.3) is 0 Å². The SMILES string of the molecule is Cl.N#Cc1ccc(O)c(-c2ccc(C3CC3N)cn2)c1. The lowest BCUT2D eigenvalue weighted by molar-refractivity contribution is 0.477. The number of nitrogens with zero attached hydrogens (tertiary/aromatic N) is 2. The molecule has 3 N–H and O–H groups in total. The van der Waals surface area contributed by atoms with Crippen molar-refractivity contribution in [1.29, 1.82) is 5.26 Å². The molecule has 1 aromatic heterocycles. The van der Waals surface area contributed by atoms with Crippen LogP contribution in [0.5, 0.6) is 5.75 Å². The first kappa shape index (κ1) is 14.3. The molecule has 0 amide bonds. The van der Waals surface area contributed by atoms with Gasteiger partial charge in [0.15, 0.2) is 0 Å². The van der Waals surface area contributed by atoms with E-state index in [4.69, 9.17) is 11.0 Å². The molecular formula is C15H14ClN3O. The number of hydrogen-bond donors (Lipinski definition) is 2. The van der Waals surface area contributed by atoms with Gasteiger partial charge in [0.2, 0.25) is 0 Å². The summed E-state index contributed by atoms with van der Waals surface area (Å²) in [6.45, 7) is 0. The summed E-state index contributed by atoms with van der Waals surface area (Å²) >= 11 is 0. The zero-order chi connectivity index (χ0) is 13.4. The number of pyridine rings is 1. The van der Waals surface area contributed by atoms with E-state index in [0.29, 0.717) is 22.7 Å². The van der Waals surface area contributed by atoms with Gasteiger partial charge in [-0.05, 0) is 36.2 Å². The molecule has 2 aromatic rings. The highest BCUT2D eigenvalue weighted by molar-refractivity contribution is 5.85. The molecule has 1 aliphatic carbocycles. The van der Waals surface area contributed by atoms with Crippen molar-refractivity contribution in [2.45, 2.75) is 18.4 Å². The van der Waals surface area contributed by atoms with Gasteiger partial charge in [0.05, 0.1) is 17.3 Å². The van der Waals surface area contributed by atoms with Crippen molar-refractivity contribution in [2.24, 2.45) is 5.73 Å². The Kier molecular flexibility index (Phi) is 3.93. The molecule has 0 radical (unpaired) electrons. The maximum atomic E-state index is 9.85. The number of aromatic nitrogens is 1. The van der Waals surface area contributed by atoms with Crippen molar-refractivity contribution < 1.29 is 5.11 Å². The summed E-state index contributed by atoms with van der Waals surface area (Å²) in [6.07, 6.45) is 2.81. The van der Waals surface area contributed by atoms with E-state index in [9.17, 15) is 5.11 Å². The first-order valence-corrected chi connectivity index (χ1v) is 6.14. The van der Waals surface area contributed by atoms with Crippen LogP contribution in [0.4, 0.5) is 0 Å². The zero-order valence-electron chi connectivity index (χ0n) is 10.7. The van der Waals surface area contributed by atoms with Crippen LogP contribution >= 0.6 is 12.4 Å². The summed E-state index contributed by atoms with van der Waals surface area (Å²) in [7, 11) is 0. The van der Waals surface area contributed by atoms with E-state index in [-0.39, 0.29) is 24.2 Å². The van der Waals surface area contributed by atoms with Gasteiger partial charge in [-0.15, -0.1) is 12.4 Å². The molecule has 1 heterocycles. The zero-order valence-corrected chi connectivity index (χ0v) is 11.5. The molecule has 0 bridgehead atoms. The number of halogens is 1. The van der Waals surface area contributed by atoms with E-state index < -0.39 is 0 Å². The summed E-state index contributed by atoms with van der Waals surface area (Å²) in [5.41, 5.74) is 8.67. The molecule has 1 fully saturated rings. The molecule has 1 aromatic carbocycles. The second-order valence-electron chi connectivity index (χ2n) is 4.83. The predicted octanol–water partition coefficient (Wildman–Crippen LogP) is 2.56. The van der Waals surface area contributed by atoms with Crippen LogP contribution in [-0.2, 0) is 0 Å². The van der Waals surface area contributed by atoms with Crippen LogP contribution in [0.3, 0.4) is 0 Å². The molecule has 102 valence electrons. The van der Waals surface area contributed by atoms with Gasteiger partial charge in [-0.2, -0.15) is 5.26 Å². The van der Waals surface area contributed by atoms with Crippen molar-refractivity contribution in [3.8, 4) is 23.1 Å². The minimum atomic E-state index is 0. The molecule has 0 aliphatic heterocycles. The Morgan fingerprint density at radius 2 is 2.05 bits per heavy atom. The van der Waals surface area contributed by atoms with Crippen molar-refractivity contribution in [3.63, 3.8) is 0 Å². The van der Waals surface area contributed by atoms with Gasteiger partial charge in [0, 0.05) is 23.7 Å². The second-order valence-corrected chi connectivity index (χ2v) is 4.83. The van der Waals surface area contributed by atoms with Crippen LogP contribution in [0, 0.1) is 11.3 Å². The van der Waals surface area contributed by atoms with E-state index in [1.54, 1.807) is 18.3 Å². The second kappa shape index (κ2) is 5.49. The molecule has 1 saturated carbocycles. The molecule has 2 unspecified atom stereocenters. The number of benzene rings is 1. The minimum Gasteiger partial charge on any atom is -0.507 e. The van der Waals surface area contributed by atoms with E-state index in [1.807, 2.05) is 12.1 Å². The molecule has 0 saturated heterocycles. The van der Waals surface area contributed by atoms with E-state index in [2.05, 4.69) is 11.1 Å². The molecule has 5 heteroatoms. The smallest absolute Gasteiger partial charge is 0.125 e. The quantitative estimate of drug-likeness (QED) is 0.889. The predicted molar refractivity (Wildman–Crippen MR) is 78.6 cm³/mol. The third-order valence-electron chi connectivity index (χ3n) is 3.46. The number of phenols is 1. The van der Waals surface area contributed by atoms with Crippen LogP contribution in [0.15, 0.2) is 36.5 Å². The van der Waals surface area contributed by atoms with Crippen LogP contribution in [0.1, 0.15) is 23.5 Å². The van der Waals surface area contributed by atoms with Crippen molar-refractivity contribution in [1.82, 2.24) is 4.98 Å². The summed E-state index contributed by atoms with van der Waals surface area (Å²) in [5, 5.41) is 18.7. The third-order valence-corrected chi connectivity index (χ3v) is 3.46. The maximum Gasteiger partial charge on any atom is 0.125 e. The fraction of sp³-hybridized carbons (Fsp3) is 0.200. The lowest BCUT2D eigenvalue weighted by atomic mass is 10.1. The minimum absolute atomic E-state index is 0. The average Bonchev–Trinajstić information content (AvgIpc) is 3.17. The number of nitriles is 1. The normalized spacial score (nSPS) is 19.8. The highest BCUT2D eigenvalue weighted by Gasteiger charge is 2.34. The Morgan fingerprint density at radius 3 is 2.60 bits per heavy atom. The Labute approximate surface area is 123 Å². The van der Waals surface area contributed by atoms with Gasteiger partial charge in [-0.1, -0.05) is 6.07 Å². The summed E-state index contributed by atoms with van der Waals surface area (Å²) < 4.78 is 0. The third kappa shape index (κ3) is 2.60. The van der Waals surface area contributed by atoms with Gasteiger partial charge >= 0.3 is 0 Å². The molecule has 20 heavy (non-hydrogen) atoms. The van der Waals surface area contributed by atoms with Gasteiger partial charge in [-0.3, -0.25) is 4.98 Å². The summed E-state index contributed by atoms with van der Waals surface area (Å²) in [4.78, 5) is 4.36. The highest BCUT2D eigenvalue weighted by Crippen LogP contribution is 2.39. The number of nitrogens with two attached hydrogens (primary N) is 1. The van der Waals surface area contributed by atoms with Crippen LogP contribution in [-0.4, -0.2) is 16.1 Å². The largest absolute Gasteiger partial charge is 0.507 e. The number of hydrogen-bond acceptors (Lipinski definition) is 4. The number of aromatic hydroxyl groups is 1. The van der Waals surface area contributed by atoms with Crippen LogP contribution < -0.4 is 5.73 Å². The summed E-state index contributed by atoms with van der Waals surface area (Å²) in [6, 6.07) is 10.9. The van der Waals surface area contributed by atoms with Gasteiger partial charge < -0.3 is 10.8 Å². The Hall–Kier alpha value is -2.09. The maximum absolute atomic E-state index is 9.85. The highest BCUT2D eigenvalue weighted by atomic mass is 35.5. The van der Waals surface area contributed by atoms with Gasteiger partial charge in [-0.25, -0.2) is 0 Å². The van der Waals surface area contributed by atoms with Crippen molar-refractivity contribution in [3.05, 3.63) is 47.7 Å². The molecule has 4 nitrogen and oxygen atoms in total. The standard InChI is InChI=1S/C15H13N3O.ClH/c16-7-9-1-4-15(19)12(5-9)14-3-2-10(8-18-14)11-6-13(11)17;/h1-5,8,11,13,19H,6,17H2;1H.